The maximum absolute atomic E-state index is 13.2. The second-order valence-corrected chi connectivity index (χ2v) is 24.2. The van der Waals surface area contributed by atoms with Gasteiger partial charge < -0.3 is 86.0 Å². The first-order valence-corrected chi connectivity index (χ1v) is 29.4. The lowest BCUT2D eigenvalue weighted by Gasteiger charge is -2.55. The number of aliphatic hydroxyl groups is 2. The van der Waals surface area contributed by atoms with E-state index in [-0.39, 0.29) is 72.0 Å². The molecule has 20 nitrogen and oxygen atoms in total. The summed E-state index contributed by atoms with van der Waals surface area (Å²) in [6, 6.07) is 0. The highest BCUT2D eigenvalue weighted by Crippen LogP contribution is 2.61. The molecule has 0 unspecified atom stereocenters. The molecule has 4 aliphatic carbocycles. The number of methoxy groups -OCH3 is 5. The van der Waals surface area contributed by atoms with E-state index in [1.807, 2.05) is 34.6 Å². The van der Waals surface area contributed by atoms with Crippen LogP contribution in [0.25, 0.3) is 0 Å². The zero-order valence-electron chi connectivity index (χ0n) is 49.0. The van der Waals surface area contributed by atoms with Crippen molar-refractivity contribution >= 4 is 11.8 Å². The van der Waals surface area contributed by atoms with Gasteiger partial charge in [-0.3, -0.25) is 4.79 Å². The molecule has 5 saturated heterocycles. The first kappa shape index (κ1) is 61.5. The number of fused-ring (bicyclic) bond motifs is 5. The summed E-state index contributed by atoms with van der Waals surface area (Å²) in [7, 11) is 8.21. The molecule has 79 heavy (non-hydrogen) atoms. The van der Waals surface area contributed by atoms with Gasteiger partial charge in [-0.25, -0.2) is 4.79 Å². The lowest BCUT2D eigenvalue weighted by molar-refractivity contribution is -0.352. The van der Waals surface area contributed by atoms with Gasteiger partial charge in [-0.05, 0) is 118 Å². The Morgan fingerprint density at radius 1 is 0.582 bits per heavy atom. The maximum atomic E-state index is 13.2. The summed E-state index contributed by atoms with van der Waals surface area (Å²) >= 11 is 0. The molecule has 0 bridgehead atoms. The molecule has 20 heteroatoms. The van der Waals surface area contributed by atoms with Crippen molar-refractivity contribution in [3.63, 3.8) is 0 Å². The summed E-state index contributed by atoms with van der Waals surface area (Å²) in [6.07, 6.45) is 0.818. The van der Waals surface area contributed by atoms with Crippen LogP contribution in [-0.2, 0) is 85.4 Å². The Hall–Kier alpha value is -2.06. The van der Waals surface area contributed by atoms with E-state index < -0.39 is 110 Å². The number of allylic oxidation sites excluding steroid dienone is 2. The number of aliphatic hydroxyl groups excluding tert-OH is 1. The molecule has 450 valence electrons. The Labute approximate surface area is 467 Å². The quantitative estimate of drug-likeness (QED) is 0.0911. The molecule has 3 saturated carbocycles. The third-order valence-electron chi connectivity index (χ3n) is 19.6. The molecule has 0 radical (unpaired) electrons. The number of rotatable bonds is 18. The highest BCUT2D eigenvalue weighted by atomic mass is 16.8. The number of hydrogen-bond acceptors (Lipinski definition) is 20. The molecule has 0 aromatic carbocycles. The van der Waals surface area contributed by atoms with Gasteiger partial charge in [-0.2, -0.15) is 0 Å². The van der Waals surface area contributed by atoms with Crippen LogP contribution in [-0.4, -0.2) is 198 Å². The average Bonchev–Trinajstić information content (AvgIpc) is 3.71. The molecular formula is C59H94O20. The van der Waals surface area contributed by atoms with Gasteiger partial charge in [0, 0.05) is 85.1 Å². The van der Waals surface area contributed by atoms with Crippen LogP contribution in [0.1, 0.15) is 132 Å². The van der Waals surface area contributed by atoms with Crippen LogP contribution in [0, 0.1) is 29.6 Å². The molecular weight excluding hydrogens is 1030 g/mol. The lowest BCUT2D eigenvalue weighted by atomic mass is 9.53. The second kappa shape index (κ2) is 26.5. The Kier molecular flexibility index (Phi) is 20.6. The van der Waals surface area contributed by atoms with Crippen molar-refractivity contribution in [2.45, 2.75) is 273 Å². The molecule has 9 aliphatic rings. The Balaban J connectivity index is 0.749. The fraction of sp³-hybridized carbons (Fsp3) is 0.898. The SMILES string of the molecule is C/C=C(\C)C(=O)O[C@@H]1C[C@@H]2[C@H]3CC[C@H](O[C@H]4C[C@H](OC)[C@H](O[C@H]5C[C@H](OC)[C@H](O[C@H]6C[C@H](OC)[C@H](O[C@H]7C[C@H](OC)[C@H](O[C@H]8C[C@@H](OC)[C@H](O)[C@@H](C)O8)[C@@H](C)O7)[C@@H](C)O6)[C@@H](C)O5)[C@@H](C)O4)CC3=CC[C@@H]2[C@@]2(O)CC[C@H](C(C)=O)[C@@H]12. The average molecular weight is 1120 g/mol. The predicted molar refractivity (Wildman–Crippen MR) is 282 cm³/mol. The van der Waals surface area contributed by atoms with Gasteiger partial charge in [0.25, 0.3) is 0 Å². The minimum atomic E-state index is -1.07. The van der Waals surface area contributed by atoms with Crippen LogP contribution >= 0.6 is 0 Å². The zero-order chi connectivity index (χ0) is 56.6. The summed E-state index contributed by atoms with van der Waals surface area (Å²) in [5.41, 5.74) is 0.785. The standard InChI is InChI=1S/C59H94O20/c1-14-28(2)58(62)75-41-22-39-38-17-16-36(21-35(38)15-18-40(39)59(63)20-19-37(29(3)60)52(41)59)74-47-24-43(65-10)54(31(5)70-47)77-49-26-45(67-12)56(33(7)72-49)79-51-27-46(68-13)57(34(8)73-51)78-50-25-44(66-11)55(32(6)71-50)76-48-23-42(64-9)53(61)30(4)69-48/h14-15,30-34,36-57,61,63H,16-27H2,1-13H3/b28-14+/t30-,31-,32-,33-,34-,36+,37-,38+,39-,40+,41-,42-,43+,44+,45+,46+,47+,48+,49+,50+,51+,52+,53-,54-,55-,56-,57-,59+/m1/s1. The van der Waals surface area contributed by atoms with E-state index in [2.05, 4.69) is 6.08 Å². The lowest BCUT2D eigenvalue weighted by Crippen LogP contribution is -2.59. The second-order valence-electron chi connectivity index (χ2n) is 24.2. The third kappa shape index (κ3) is 13.1. The number of carbonyl (C=O) groups is 2. The van der Waals surface area contributed by atoms with Gasteiger partial charge in [0.1, 0.15) is 42.4 Å². The van der Waals surface area contributed by atoms with Crippen LogP contribution in [0.2, 0.25) is 0 Å². The Morgan fingerprint density at radius 3 is 1.44 bits per heavy atom. The van der Waals surface area contributed by atoms with E-state index in [4.69, 9.17) is 75.8 Å². The van der Waals surface area contributed by atoms with Crippen molar-refractivity contribution in [3.8, 4) is 0 Å². The van der Waals surface area contributed by atoms with E-state index in [1.165, 1.54) is 5.57 Å². The summed E-state index contributed by atoms with van der Waals surface area (Å²) < 4.78 is 101. The number of Topliss-reactive ketones (excluding diaryl/α,β-unsaturated/α-hetero) is 1. The summed E-state index contributed by atoms with van der Waals surface area (Å²) in [4.78, 5) is 26.1. The van der Waals surface area contributed by atoms with Gasteiger partial charge in [0.15, 0.2) is 31.5 Å². The topological polar surface area (TPSA) is 222 Å². The van der Waals surface area contributed by atoms with Crippen molar-refractivity contribution in [1.82, 2.24) is 0 Å². The van der Waals surface area contributed by atoms with Gasteiger partial charge in [-0.1, -0.05) is 17.7 Å². The molecule has 8 fully saturated rings. The van der Waals surface area contributed by atoms with E-state index in [1.54, 1.807) is 62.4 Å². The predicted octanol–water partition coefficient (Wildman–Crippen LogP) is 6.01. The van der Waals surface area contributed by atoms with Crippen molar-refractivity contribution in [2.75, 3.05) is 35.5 Å². The van der Waals surface area contributed by atoms with E-state index in [0.29, 0.717) is 56.9 Å². The fourth-order valence-electron chi connectivity index (χ4n) is 15.3. The smallest absolute Gasteiger partial charge is 0.333 e. The van der Waals surface area contributed by atoms with Gasteiger partial charge >= 0.3 is 5.97 Å². The Bertz CT molecular complexity index is 2090. The van der Waals surface area contributed by atoms with E-state index in [0.717, 1.165) is 25.7 Å². The normalized spacial score (nSPS) is 48.5. The molecule has 2 N–H and O–H groups in total. The number of ketones is 1. The van der Waals surface area contributed by atoms with Crippen molar-refractivity contribution in [2.24, 2.45) is 29.6 Å². The number of esters is 1. The highest BCUT2D eigenvalue weighted by Gasteiger charge is 2.64. The van der Waals surface area contributed by atoms with Crippen molar-refractivity contribution in [3.05, 3.63) is 23.3 Å². The highest BCUT2D eigenvalue weighted by molar-refractivity contribution is 5.88. The van der Waals surface area contributed by atoms with Gasteiger partial charge in [0.2, 0.25) is 0 Å². The summed E-state index contributed by atoms with van der Waals surface area (Å²) in [5.74, 6) is -0.684. The fourth-order valence-corrected chi connectivity index (χ4v) is 15.3. The van der Waals surface area contributed by atoms with Crippen LogP contribution in [0.15, 0.2) is 23.3 Å². The minimum absolute atomic E-state index is 0.000478. The zero-order valence-corrected chi connectivity index (χ0v) is 49.0. The summed E-state index contributed by atoms with van der Waals surface area (Å²) in [5, 5.41) is 23.0. The molecule has 0 aromatic heterocycles. The molecule has 0 amide bonds. The van der Waals surface area contributed by atoms with Crippen LogP contribution in [0.5, 0.6) is 0 Å². The van der Waals surface area contributed by atoms with Gasteiger partial charge in [0.05, 0.1) is 72.7 Å². The van der Waals surface area contributed by atoms with Crippen LogP contribution < -0.4 is 0 Å². The molecule has 0 aromatic rings. The number of hydrogen-bond donors (Lipinski definition) is 2. The van der Waals surface area contributed by atoms with Crippen LogP contribution in [0.4, 0.5) is 0 Å². The first-order valence-electron chi connectivity index (χ1n) is 29.4. The molecule has 5 heterocycles. The van der Waals surface area contributed by atoms with Crippen molar-refractivity contribution < 1.29 is 95.6 Å². The molecule has 28 atom stereocenters. The number of carbonyl (C=O) groups excluding carboxylic acids is 2. The van der Waals surface area contributed by atoms with Crippen molar-refractivity contribution in [1.29, 1.82) is 0 Å². The van der Waals surface area contributed by atoms with Crippen LogP contribution in [0.3, 0.4) is 0 Å². The monoisotopic (exact) mass is 1120 g/mol. The minimum Gasteiger partial charge on any atom is -0.459 e. The third-order valence-corrected chi connectivity index (χ3v) is 19.6. The van der Waals surface area contributed by atoms with E-state index in [9.17, 15) is 19.8 Å². The molecule has 9 rings (SSSR count). The maximum Gasteiger partial charge on any atom is 0.333 e. The number of ether oxygens (including phenoxy) is 16. The first-order chi connectivity index (χ1) is 37.8. The van der Waals surface area contributed by atoms with E-state index >= 15 is 0 Å². The summed E-state index contributed by atoms with van der Waals surface area (Å²) in [6.45, 7) is 14.7. The molecule has 5 aliphatic heterocycles. The largest absolute Gasteiger partial charge is 0.459 e. The molecule has 0 spiro atoms. The Morgan fingerprint density at radius 2 is 1.01 bits per heavy atom. The van der Waals surface area contributed by atoms with Gasteiger partial charge in [-0.15, -0.1) is 0 Å².